The minimum atomic E-state index is -0.306. The first kappa shape index (κ1) is 20.2. The lowest BCUT2D eigenvalue weighted by Gasteiger charge is -2.31. The van der Waals surface area contributed by atoms with Gasteiger partial charge in [0.05, 0.1) is 6.04 Å². The van der Waals surface area contributed by atoms with Gasteiger partial charge in [0, 0.05) is 18.1 Å². The number of rotatable bonds is 5. The van der Waals surface area contributed by atoms with E-state index in [4.69, 9.17) is 0 Å². The van der Waals surface area contributed by atoms with E-state index in [-0.39, 0.29) is 30.4 Å². The summed E-state index contributed by atoms with van der Waals surface area (Å²) in [6.07, 6.45) is 4.18. The molecular formula is C24H28N4O2. The number of anilines is 1. The predicted molar refractivity (Wildman–Crippen MR) is 117 cm³/mol. The molecule has 2 aromatic carbocycles. The summed E-state index contributed by atoms with van der Waals surface area (Å²) in [5, 5.41) is 4.73. The Kier molecular flexibility index (Phi) is 5.59. The average molecular weight is 405 g/mol. The molecule has 2 heterocycles. The van der Waals surface area contributed by atoms with Crippen molar-refractivity contribution in [3.05, 3.63) is 77.6 Å². The second-order valence-electron chi connectivity index (χ2n) is 8.34. The van der Waals surface area contributed by atoms with Crippen molar-refractivity contribution in [2.45, 2.75) is 45.2 Å². The molecular weight excluding hydrogens is 376 g/mol. The molecule has 2 unspecified atom stereocenters. The molecule has 2 atom stereocenters. The monoisotopic (exact) mass is 404 g/mol. The summed E-state index contributed by atoms with van der Waals surface area (Å²) in [4.78, 5) is 26.9. The standard InChI is InChI=1S/C24H28N4O2/c1-16(2)18-8-10-20(11-9-18)25-23(29)15-27-12-13-28-22(24(27)30)14-21(26-28)19-6-4-17(3)5-7-19/h4-13,16,21-22,26H,14-15H2,1-3H3,(H,25,29). The Hall–Kier alpha value is -3.12. The van der Waals surface area contributed by atoms with Gasteiger partial charge in [0.15, 0.2) is 0 Å². The van der Waals surface area contributed by atoms with Crippen LogP contribution in [0.2, 0.25) is 0 Å². The molecule has 2 aliphatic heterocycles. The number of amides is 2. The van der Waals surface area contributed by atoms with Crippen molar-refractivity contribution < 1.29 is 9.59 Å². The van der Waals surface area contributed by atoms with Crippen LogP contribution < -0.4 is 10.7 Å². The third kappa shape index (κ3) is 4.24. The summed E-state index contributed by atoms with van der Waals surface area (Å²) in [5.74, 6) is 0.169. The number of hydrazine groups is 1. The molecule has 30 heavy (non-hydrogen) atoms. The SMILES string of the molecule is Cc1ccc(C2CC3C(=O)N(CC(=O)Nc4ccc(C(C)C)cc4)C=CN3N2)cc1. The molecule has 6 nitrogen and oxygen atoms in total. The van der Waals surface area contributed by atoms with Crippen molar-refractivity contribution in [3.63, 3.8) is 0 Å². The summed E-state index contributed by atoms with van der Waals surface area (Å²) < 4.78 is 0. The minimum Gasteiger partial charge on any atom is -0.325 e. The smallest absolute Gasteiger partial charge is 0.251 e. The van der Waals surface area contributed by atoms with E-state index in [0.29, 0.717) is 12.3 Å². The van der Waals surface area contributed by atoms with Crippen molar-refractivity contribution >= 4 is 17.5 Å². The third-order valence-electron chi connectivity index (χ3n) is 5.73. The normalized spacial score (nSPS) is 20.6. The summed E-state index contributed by atoms with van der Waals surface area (Å²) in [6, 6.07) is 15.9. The number of carbonyl (C=O) groups is 2. The molecule has 0 aliphatic carbocycles. The number of hydrogen-bond acceptors (Lipinski definition) is 4. The highest BCUT2D eigenvalue weighted by Crippen LogP contribution is 2.30. The Morgan fingerprint density at radius 2 is 1.80 bits per heavy atom. The van der Waals surface area contributed by atoms with Gasteiger partial charge in [-0.3, -0.25) is 9.59 Å². The number of hydrogen-bond donors (Lipinski definition) is 2. The van der Waals surface area contributed by atoms with Gasteiger partial charge in [0.25, 0.3) is 5.91 Å². The largest absolute Gasteiger partial charge is 0.325 e. The highest BCUT2D eigenvalue weighted by molar-refractivity contribution is 5.96. The van der Waals surface area contributed by atoms with Gasteiger partial charge in [-0.2, -0.15) is 0 Å². The summed E-state index contributed by atoms with van der Waals surface area (Å²) in [5.41, 5.74) is 7.71. The zero-order valence-electron chi connectivity index (χ0n) is 17.6. The average Bonchev–Trinajstić information content (AvgIpc) is 3.16. The molecule has 0 aromatic heterocycles. The van der Waals surface area contributed by atoms with Gasteiger partial charge in [-0.15, -0.1) is 0 Å². The molecule has 2 aromatic rings. The van der Waals surface area contributed by atoms with Crippen molar-refractivity contribution in [2.24, 2.45) is 0 Å². The van der Waals surface area contributed by atoms with Gasteiger partial charge < -0.3 is 15.2 Å². The Morgan fingerprint density at radius 1 is 1.10 bits per heavy atom. The molecule has 4 rings (SSSR count). The van der Waals surface area contributed by atoms with Crippen molar-refractivity contribution in [2.75, 3.05) is 11.9 Å². The number of benzene rings is 2. The molecule has 6 heteroatoms. The molecule has 0 radical (unpaired) electrons. The summed E-state index contributed by atoms with van der Waals surface area (Å²) in [7, 11) is 0. The van der Waals surface area contributed by atoms with Crippen LogP contribution in [0.4, 0.5) is 5.69 Å². The van der Waals surface area contributed by atoms with Crippen LogP contribution in [0, 0.1) is 6.92 Å². The molecule has 0 saturated carbocycles. The van der Waals surface area contributed by atoms with Crippen LogP contribution in [0.25, 0.3) is 0 Å². The number of fused-ring (bicyclic) bond motifs is 1. The number of aryl methyl sites for hydroxylation is 1. The molecule has 156 valence electrons. The lowest BCUT2D eigenvalue weighted by atomic mass is 10.00. The molecule has 0 bridgehead atoms. The third-order valence-corrected chi connectivity index (χ3v) is 5.73. The van der Waals surface area contributed by atoms with Crippen molar-refractivity contribution in [3.8, 4) is 0 Å². The van der Waals surface area contributed by atoms with E-state index in [9.17, 15) is 9.59 Å². The topological polar surface area (TPSA) is 64.7 Å². The minimum absolute atomic E-state index is 0.000797. The lowest BCUT2D eigenvalue weighted by Crippen LogP contribution is -2.49. The Balaban J connectivity index is 1.36. The van der Waals surface area contributed by atoms with Crippen LogP contribution in [-0.4, -0.2) is 34.3 Å². The number of nitrogens with zero attached hydrogens (tertiary/aromatic N) is 2. The zero-order valence-corrected chi connectivity index (χ0v) is 17.6. The Labute approximate surface area is 177 Å². The van der Waals surface area contributed by atoms with Gasteiger partial charge in [-0.05, 0) is 42.5 Å². The molecule has 2 amide bonds. The van der Waals surface area contributed by atoms with Crippen LogP contribution in [0.1, 0.15) is 48.9 Å². The van der Waals surface area contributed by atoms with Crippen LogP contribution in [0.5, 0.6) is 0 Å². The fraction of sp³-hybridized carbons (Fsp3) is 0.333. The van der Waals surface area contributed by atoms with E-state index in [1.54, 1.807) is 6.20 Å². The predicted octanol–water partition coefficient (Wildman–Crippen LogP) is 3.69. The molecule has 2 aliphatic rings. The van der Waals surface area contributed by atoms with Crippen LogP contribution in [-0.2, 0) is 9.59 Å². The number of carbonyl (C=O) groups excluding carboxylic acids is 2. The Bertz CT molecular complexity index is 950. The van der Waals surface area contributed by atoms with Gasteiger partial charge in [0.1, 0.15) is 12.6 Å². The zero-order chi connectivity index (χ0) is 21.3. The van der Waals surface area contributed by atoms with E-state index in [0.717, 1.165) is 11.3 Å². The fourth-order valence-electron chi connectivity index (χ4n) is 3.89. The van der Waals surface area contributed by atoms with Crippen molar-refractivity contribution in [1.29, 1.82) is 0 Å². The Morgan fingerprint density at radius 3 is 2.47 bits per heavy atom. The van der Waals surface area contributed by atoms with E-state index >= 15 is 0 Å². The first-order valence-electron chi connectivity index (χ1n) is 10.4. The van der Waals surface area contributed by atoms with Gasteiger partial charge >= 0.3 is 0 Å². The van der Waals surface area contributed by atoms with Gasteiger partial charge in [0.2, 0.25) is 5.91 Å². The first-order chi connectivity index (χ1) is 14.4. The van der Waals surface area contributed by atoms with Crippen LogP contribution in [0.3, 0.4) is 0 Å². The number of nitrogens with one attached hydrogen (secondary N) is 2. The highest BCUT2D eigenvalue weighted by atomic mass is 16.2. The van der Waals surface area contributed by atoms with Crippen LogP contribution in [0.15, 0.2) is 60.9 Å². The van der Waals surface area contributed by atoms with Gasteiger partial charge in [-0.1, -0.05) is 55.8 Å². The quantitative estimate of drug-likeness (QED) is 0.798. The van der Waals surface area contributed by atoms with Crippen molar-refractivity contribution in [1.82, 2.24) is 15.3 Å². The second-order valence-corrected chi connectivity index (χ2v) is 8.34. The molecule has 1 saturated heterocycles. The van der Waals surface area contributed by atoms with E-state index in [1.165, 1.54) is 16.0 Å². The fourth-order valence-corrected chi connectivity index (χ4v) is 3.89. The van der Waals surface area contributed by atoms with E-state index < -0.39 is 0 Å². The maximum Gasteiger partial charge on any atom is 0.251 e. The molecule has 2 N–H and O–H groups in total. The molecule has 1 fully saturated rings. The molecule has 0 spiro atoms. The van der Waals surface area contributed by atoms with Gasteiger partial charge in [-0.25, -0.2) is 5.43 Å². The van der Waals surface area contributed by atoms with E-state index in [2.05, 4.69) is 55.8 Å². The second kappa shape index (κ2) is 8.32. The van der Waals surface area contributed by atoms with Crippen LogP contribution >= 0.6 is 0 Å². The maximum absolute atomic E-state index is 13.0. The maximum atomic E-state index is 13.0. The lowest BCUT2D eigenvalue weighted by molar-refractivity contribution is -0.137. The first-order valence-corrected chi connectivity index (χ1v) is 10.4. The highest BCUT2D eigenvalue weighted by Gasteiger charge is 2.40. The summed E-state index contributed by atoms with van der Waals surface area (Å²) in [6.45, 7) is 6.32. The summed E-state index contributed by atoms with van der Waals surface area (Å²) >= 11 is 0. The van der Waals surface area contributed by atoms with E-state index in [1.807, 2.05) is 35.5 Å².